The van der Waals surface area contributed by atoms with Crippen LogP contribution in [0.15, 0.2) is 109 Å². The van der Waals surface area contributed by atoms with Crippen molar-refractivity contribution in [3.8, 4) is 0 Å². The molecular weight excluding hydrogens is 663 g/mol. The summed E-state index contributed by atoms with van der Waals surface area (Å²) in [5.74, 6) is 0. The molecule has 1 aliphatic heterocycles. The number of nitrogens with zero attached hydrogens (tertiary/aromatic N) is 2. The van der Waals surface area contributed by atoms with Crippen LogP contribution in [-0.2, 0) is 40.1 Å². The molecule has 0 aromatic heterocycles. The summed E-state index contributed by atoms with van der Waals surface area (Å²) in [6.45, 7) is 11.2. The van der Waals surface area contributed by atoms with E-state index in [9.17, 15) is 5.53 Å². The molecule has 1 aliphatic rings. The number of allylic oxidation sites excluding steroid dienone is 2. The van der Waals surface area contributed by atoms with Crippen molar-refractivity contribution in [2.24, 2.45) is 0 Å². The van der Waals surface area contributed by atoms with Crippen LogP contribution in [0.25, 0.3) is 16.9 Å². The molecule has 51 heavy (non-hydrogen) atoms. The zero-order valence-electron chi connectivity index (χ0n) is 32.1. The Morgan fingerprint density at radius 1 is 0.490 bits per heavy atom. The van der Waals surface area contributed by atoms with Crippen molar-refractivity contribution in [1.82, 2.24) is 0 Å². The van der Waals surface area contributed by atoms with Crippen molar-refractivity contribution in [3.63, 3.8) is 0 Å². The monoisotopic (exact) mass is 724 g/mol. The maximum atomic E-state index is 11.7. The molecular formula is C48H62N2Ni. The summed E-state index contributed by atoms with van der Waals surface area (Å²) < 4.78 is 4.12. The minimum absolute atomic E-state index is 0.941. The molecule has 0 N–H and O–H groups in total. The molecule has 5 rings (SSSR count). The van der Waals surface area contributed by atoms with Gasteiger partial charge in [-0.15, -0.1) is 0 Å². The molecule has 274 valence electrons. The fourth-order valence-electron chi connectivity index (χ4n) is 6.66. The van der Waals surface area contributed by atoms with Crippen LogP contribution in [0.2, 0.25) is 0 Å². The second-order valence-electron chi connectivity index (χ2n) is 13.8. The van der Waals surface area contributed by atoms with E-state index < -0.39 is 0 Å². The van der Waals surface area contributed by atoms with Crippen molar-refractivity contribution in [1.29, 1.82) is 0 Å². The molecule has 3 heteroatoms. The molecule has 0 amide bonds. The Balaban J connectivity index is 0.000000372. The normalized spacial score (nSPS) is 12.6. The van der Waals surface area contributed by atoms with E-state index in [-0.39, 0.29) is 0 Å². The molecule has 2 nitrogen and oxygen atoms in total. The Morgan fingerprint density at radius 3 is 1.43 bits per heavy atom. The molecule has 4 aromatic rings. The summed E-state index contributed by atoms with van der Waals surface area (Å²) in [6, 6.07) is 34.9. The van der Waals surface area contributed by atoms with Gasteiger partial charge in [-0.1, -0.05) is 91.7 Å². The van der Waals surface area contributed by atoms with Crippen LogP contribution in [0.4, 0.5) is 0 Å². The third kappa shape index (κ3) is 12.9. The first-order chi connectivity index (χ1) is 25.0. The average Bonchev–Trinajstić information content (AvgIpc) is 3.50. The summed E-state index contributed by atoms with van der Waals surface area (Å²) in [6.07, 6.45) is 20.0. The molecule has 0 aliphatic carbocycles. The summed E-state index contributed by atoms with van der Waals surface area (Å²) >= 11 is 1.60. The first kappa shape index (κ1) is 40.2. The van der Waals surface area contributed by atoms with Gasteiger partial charge in [-0.05, 0) is 97.9 Å². The van der Waals surface area contributed by atoms with Crippen LogP contribution in [0.1, 0.15) is 139 Å². The van der Waals surface area contributed by atoms with E-state index in [1.807, 2.05) is 12.1 Å². The standard InChI is InChI=1S/C36H52N2.2C6H5.Ni/c1-6-11-14-16-18-30-22-31(19-17-15-12-7-2)26-33(25-30)35-27-32(20-13-8-3)36(38(35)37)34-23-28(9-4)21-29(10-5)24-34;2*1-2-4-6-5-3-1;/h21-27H,6-20H2,1-5H3;2*1-5H;. The van der Waals surface area contributed by atoms with Crippen LogP contribution in [0.5, 0.6) is 0 Å². The topological polar surface area (TPSA) is 25.3 Å². The van der Waals surface area contributed by atoms with Gasteiger partial charge in [0, 0.05) is 22.8 Å². The molecule has 0 unspecified atom stereocenters. The Hall–Kier alpha value is -3.55. The van der Waals surface area contributed by atoms with Gasteiger partial charge in [0.2, 0.25) is 11.4 Å². The number of unbranched alkanes of at least 4 members (excludes halogenated alkanes) is 7. The van der Waals surface area contributed by atoms with Gasteiger partial charge in [-0.25, -0.2) is 4.70 Å². The number of aryl methyl sites for hydroxylation is 4. The summed E-state index contributed by atoms with van der Waals surface area (Å²) in [5, 5.41) is 0. The second kappa shape index (κ2) is 22.4. The van der Waals surface area contributed by atoms with Crippen LogP contribution in [0, 0.1) is 0 Å². The van der Waals surface area contributed by atoms with E-state index in [1.165, 1.54) is 93.0 Å². The molecule has 0 bridgehead atoms. The van der Waals surface area contributed by atoms with E-state index in [1.54, 1.807) is 14.4 Å². The van der Waals surface area contributed by atoms with Crippen LogP contribution >= 0.6 is 0 Å². The summed E-state index contributed by atoms with van der Waals surface area (Å²) in [4.78, 5) is 0. The number of benzene rings is 4. The third-order valence-electron chi connectivity index (χ3n) is 9.59. The van der Waals surface area contributed by atoms with Gasteiger partial charge >= 0.3 is 84.2 Å². The fraction of sp³-hybridized carbons (Fsp3) is 0.417. The van der Waals surface area contributed by atoms with Crippen molar-refractivity contribution in [3.05, 3.63) is 148 Å². The third-order valence-corrected chi connectivity index (χ3v) is 10.8. The Labute approximate surface area is 316 Å². The molecule has 0 spiro atoms. The van der Waals surface area contributed by atoms with E-state index in [2.05, 4.69) is 126 Å². The van der Waals surface area contributed by atoms with Gasteiger partial charge in [-0.3, -0.25) is 0 Å². The zero-order valence-corrected chi connectivity index (χ0v) is 33.1. The van der Waals surface area contributed by atoms with Crippen molar-refractivity contribution >= 4 is 20.5 Å². The van der Waals surface area contributed by atoms with Gasteiger partial charge in [-0.2, -0.15) is 0 Å². The van der Waals surface area contributed by atoms with E-state index in [0.29, 0.717) is 0 Å². The van der Waals surface area contributed by atoms with Gasteiger partial charge in [0.15, 0.2) is 0 Å². The maximum absolute atomic E-state index is 11.7. The first-order valence-electron chi connectivity index (χ1n) is 19.9. The van der Waals surface area contributed by atoms with Crippen molar-refractivity contribution in [2.45, 2.75) is 131 Å². The Morgan fingerprint density at radius 2 is 0.961 bits per heavy atom. The molecule has 4 aromatic carbocycles. The van der Waals surface area contributed by atoms with Crippen LogP contribution in [-0.4, -0.2) is 4.70 Å². The van der Waals surface area contributed by atoms with Crippen LogP contribution in [0.3, 0.4) is 0 Å². The van der Waals surface area contributed by atoms with E-state index >= 15 is 0 Å². The predicted molar refractivity (Wildman–Crippen MR) is 218 cm³/mol. The van der Waals surface area contributed by atoms with Crippen LogP contribution < -0.4 is 9.07 Å². The molecule has 0 atom stereocenters. The van der Waals surface area contributed by atoms with Gasteiger partial charge in [0.1, 0.15) is 0 Å². The SMILES string of the molecule is CCCCCCc1cc(CCCCCC)cc(C2=CC(CCCC)=C(c3cc(CC)cc(CC)c3)[N+]2=[N-])c1.c1cc[c]([Ni][c]2ccccc2)cc1. The Kier molecular flexibility index (Phi) is 17.7. The number of hydrogen-bond donors (Lipinski definition) is 0. The van der Waals surface area contributed by atoms with E-state index in [4.69, 9.17) is 0 Å². The van der Waals surface area contributed by atoms with E-state index in [0.717, 1.165) is 67.5 Å². The molecule has 1 heterocycles. The van der Waals surface area contributed by atoms with Gasteiger partial charge < -0.3 is 5.53 Å². The minimum atomic E-state index is 0.941. The average molecular weight is 726 g/mol. The number of rotatable bonds is 19. The van der Waals surface area contributed by atoms with Crippen molar-refractivity contribution in [2.75, 3.05) is 0 Å². The first-order valence-corrected chi connectivity index (χ1v) is 20.9. The fourth-order valence-corrected chi connectivity index (χ4v) is 7.70. The predicted octanol–water partition coefficient (Wildman–Crippen LogP) is 12.8. The summed E-state index contributed by atoms with van der Waals surface area (Å²) in [5.41, 5.74) is 22.8. The summed E-state index contributed by atoms with van der Waals surface area (Å²) in [7, 11) is 0. The van der Waals surface area contributed by atoms with Crippen molar-refractivity contribution < 1.29 is 19.1 Å². The van der Waals surface area contributed by atoms with Gasteiger partial charge in [0.25, 0.3) is 0 Å². The molecule has 0 saturated heterocycles. The molecule has 0 fully saturated rings. The molecule has 0 radical (unpaired) electrons. The zero-order chi connectivity index (χ0) is 36.3. The second-order valence-corrected chi connectivity index (χ2v) is 15.2. The molecule has 0 saturated carbocycles. The Bertz CT molecular complexity index is 1610. The quantitative estimate of drug-likeness (QED) is 0.0523. The number of hydrogen-bond acceptors (Lipinski definition) is 0. The van der Waals surface area contributed by atoms with Gasteiger partial charge in [0.05, 0.1) is 0 Å².